The summed E-state index contributed by atoms with van der Waals surface area (Å²) in [5.74, 6) is -0.111. The molecule has 3 rings (SSSR count). The Balaban J connectivity index is 2.23. The molecule has 0 saturated heterocycles. The van der Waals surface area contributed by atoms with E-state index in [1.54, 1.807) is 0 Å². The Hall–Kier alpha value is -2.30. The molecule has 5 heteroatoms. The number of aromatic amines is 1. The van der Waals surface area contributed by atoms with Gasteiger partial charge in [-0.25, -0.2) is 0 Å². The van der Waals surface area contributed by atoms with Gasteiger partial charge in [0.15, 0.2) is 5.84 Å². The molecule has 0 spiro atoms. The van der Waals surface area contributed by atoms with Gasteiger partial charge in [0.25, 0.3) is 0 Å². The third-order valence-corrected chi connectivity index (χ3v) is 2.60. The summed E-state index contributed by atoms with van der Waals surface area (Å²) in [6.45, 7) is 0. The van der Waals surface area contributed by atoms with Crippen LogP contribution in [0, 0.1) is 0 Å². The van der Waals surface area contributed by atoms with Crippen molar-refractivity contribution < 1.29 is 9.90 Å². The molecule has 0 radical (unpaired) electrons. The normalized spacial score (nSPS) is 13.4. The molecule has 16 heavy (non-hydrogen) atoms. The molecule has 0 atom stereocenters. The van der Waals surface area contributed by atoms with E-state index in [-0.39, 0.29) is 6.42 Å². The van der Waals surface area contributed by atoms with Gasteiger partial charge in [0.1, 0.15) is 0 Å². The van der Waals surface area contributed by atoms with Crippen LogP contribution in [-0.2, 0) is 11.2 Å². The largest absolute Gasteiger partial charge is 0.481 e. The fraction of sp³-hybridized carbons (Fsp3) is 0.0909. The number of rotatable bonds is 3. The lowest BCUT2D eigenvalue weighted by Crippen LogP contribution is -2.05. The predicted molar refractivity (Wildman–Crippen MR) is 59.3 cm³/mol. The van der Waals surface area contributed by atoms with E-state index in [2.05, 4.69) is 15.5 Å². The third-order valence-electron chi connectivity index (χ3n) is 2.60. The Bertz CT molecular complexity index is 613. The number of hydrogen-bond donors (Lipinski definition) is 3. The molecule has 0 saturated carbocycles. The molecular formula is C11H9N3O2. The smallest absolute Gasteiger partial charge is 0.307 e. The molecule has 5 nitrogen and oxygen atoms in total. The molecule has 3 N–H and O–H groups in total. The van der Waals surface area contributed by atoms with Crippen LogP contribution < -0.4 is 5.43 Å². The molecule has 0 unspecified atom stereocenters. The molecule has 1 aromatic carbocycles. The van der Waals surface area contributed by atoms with Crippen molar-refractivity contribution in [1.29, 1.82) is 0 Å². The monoisotopic (exact) mass is 215 g/mol. The maximum atomic E-state index is 10.8. The van der Waals surface area contributed by atoms with Gasteiger partial charge in [0.2, 0.25) is 0 Å². The highest BCUT2D eigenvalue weighted by molar-refractivity contribution is 6.09. The number of carboxylic acid groups (broad SMARTS) is 1. The maximum absolute atomic E-state index is 10.8. The fourth-order valence-corrected chi connectivity index (χ4v) is 1.88. The molecule has 0 bridgehead atoms. The first-order valence-corrected chi connectivity index (χ1v) is 4.91. The zero-order chi connectivity index (χ0) is 11.1. The number of H-pyrrole nitrogens is 1. The van der Waals surface area contributed by atoms with Gasteiger partial charge >= 0.3 is 5.97 Å². The minimum atomic E-state index is -0.841. The van der Waals surface area contributed by atoms with Crippen molar-refractivity contribution in [3.05, 3.63) is 35.5 Å². The summed E-state index contributed by atoms with van der Waals surface area (Å²) >= 11 is 0. The lowest BCUT2D eigenvalue weighted by Gasteiger charge is -1.96. The average molecular weight is 215 g/mol. The molecule has 0 aliphatic carbocycles. The number of fused-ring (bicyclic) bond motifs is 1. The maximum Gasteiger partial charge on any atom is 0.307 e. The molecule has 0 fully saturated rings. The minimum absolute atomic E-state index is 0.0000463. The second-order valence-corrected chi connectivity index (χ2v) is 3.67. The van der Waals surface area contributed by atoms with Crippen LogP contribution >= 0.6 is 0 Å². The summed E-state index contributed by atoms with van der Waals surface area (Å²) in [7, 11) is 0. The minimum Gasteiger partial charge on any atom is -0.481 e. The van der Waals surface area contributed by atoms with Crippen molar-refractivity contribution in [2.45, 2.75) is 6.42 Å². The van der Waals surface area contributed by atoms with E-state index in [4.69, 9.17) is 5.11 Å². The Kier molecular flexibility index (Phi) is 1.73. The predicted octanol–water partition coefficient (Wildman–Crippen LogP) is 1.06. The van der Waals surface area contributed by atoms with Crippen molar-refractivity contribution >= 4 is 22.7 Å². The number of aromatic nitrogens is 1. The SMILES string of the molecule is O=C(O)Cc1c(C2=NN2)[nH]c2ccccc12. The lowest BCUT2D eigenvalue weighted by molar-refractivity contribution is -0.136. The average Bonchev–Trinajstić information content (AvgIpc) is 3.03. The first kappa shape index (κ1) is 8.96. The summed E-state index contributed by atoms with van der Waals surface area (Å²) < 4.78 is 0. The highest BCUT2D eigenvalue weighted by Gasteiger charge is 2.22. The number of carboxylic acids is 1. The molecule has 1 aromatic heterocycles. The van der Waals surface area contributed by atoms with E-state index >= 15 is 0 Å². The van der Waals surface area contributed by atoms with Gasteiger partial charge in [-0.2, -0.15) is 5.10 Å². The number of hydrogen-bond acceptors (Lipinski definition) is 3. The zero-order valence-electron chi connectivity index (χ0n) is 8.32. The number of aliphatic carboxylic acids is 1. The van der Waals surface area contributed by atoms with Gasteiger partial charge < -0.3 is 10.1 Å². The van der Waals surface area contributed by atoms with Crippen LogP contribution in [0.15, 0.2) is 29.4 Å². The van der Waals surface area contributed by atoms with E-state index in [1.165, 1.54) is 0 Å². The summed E-state index contributed by atoms with van der Waals surface area (Å²) in [5, 5.41) is 13.7. The van der Waals surface area contributed by atoms with Crippen LogP contribution in [0.3, 0.4) is 0 Å². The number of amidine groups is 1. The summed E-state index contributed by atoms with van der Waals surface area (Å²) in [5.41, 5.74) is 5.24. The van der Waals surface area contributed by atoms with Crippen LogP contribution in [0.5, 0.6) is 0 Å². The van der Waals surface area contributed by atoms with E-state index < -0.39 is 5.97 Å². The third kappa shape index (κ3) is 1.33. The molecule has 1 aliphatic heterocycles. The van der Waals surface area contributed by atoms with Gasteiger partial charge in [-0.15, -0.1) is 0 Å². The van der Waals surface area contributed by atoms with Crippen LogP contribution in [-0.4, -0.2) is 21.9 Å². The highest BCUT2D eigenvalue weighted by atomic mass is 16.4. The lowest BCUT2D eigenvalue weighted by atomic mass is 10.1. The van der Waals surface area contributed by atoms with Gasteiger partial charge in [0.05, 0.1) is 12.1 Å². The number of nitrogens with zero attached hydrogens (tertiary/aromatic N) is 1. The molecule has 2 heterocycles. The summed E-state index contributed by atoms with van der Waals surface area (Å²) in [6.07, 6.45) is 0.0000463. The quantitative estimate of drug-likeness (QED) is 0.715. The van der Waals surface area contributed by atoms with Crippen molar-refractivity contribution in [2.75, 3.05) is 0 Å². The first-order valence-electron chi connectivity index (χ1n) is 4.91. The molecule has 2 aromatic rings. The van der Waals surface area contributed by atoms with Gasteiger partial charge in [0, 0.05) is 10.9 Å². The van der Waals surface area contributed by atoms with Crippen molar-refractivity contribution in [3.8, 4) is 0 Å². The first-order chi connectivity index (χ1) is 7.75. The van der Waals surface area contributed by atoms with E-state index in [0.29, 0.717) is 0 Å². The topological polar surface area (TPSA) is 87.4 Å². The Morgan fingerprint density at radius 3 is 2.81 bits per heavy atom. The van der Waals surface area contributed by atoms with Gasteiger partial charge in [-0.05, 0) is 11.6 Å². The summed E-state index contributed by atoms with van der Waals surface area (Å²) in [6, 6.07) is 7.65. The molecule has 0 amide bonds. The van der Waals surface area contributed by atoms with E-state index in [0.717, 1.165) is 28.0 Å². The zero-order valence-corrected chi connectivity index (χ0v) is 8.32. The summed E-state index contributed by atoms with van der Waals surface area (Å²) in [4.78, 5) is 14.0. The number of hydrazone groups is 1. The van der Waals surface area contributed by atoms with E-state index in [9.17, 15) is 4.79 Å². The number of nitrogens with one attached hydrogen (secondary N) is 2. The van der Waals surface area contributed by atoms with Crippen molar-refractivity contribution in [3.63, 3.8) is 0 Å². The highest BCUT2D eigenvalue weighted by Crippen LogP contribution is 2.24. The second kappa shape index (κ2) is 3.10. The van der Waals surface area contributed by atoms with Gasteiger partial charge in [-0.1, -0.05) is 18.2 Å². The molecule has 1 aliphatic rings. The van der Waals surface area contributed by atoms with Crippen molar-refractivity contribution in [2.24, 2.45) is 5.10 Å². The molecule has 80 valence electrons. The number of para-hydroxylation sites is 1. The number of benzene rings is 1. The fourth-order valence-electron chi connectivity index (χ4n) is 1.88. The Morgan fingerprint density at radius 1 is 1.38 bits per heavy atom. The van der Waals surface area contributed by atoms with Crippen LogP contribution in [0.4, 0.5) is 0 Å². The van der Waals surface area contributed by atoms with E-state index in [1.807, 2.05) is 24.3 Å². The van der Waals surface area contributed by atoms with Crippen LogP contribution in [0.1, 0.15) is 11.3 Å². The number of carbonyl (C=O) groups is 1. The van der Waals surface area contributed by atoms with Gasteiger partial charge in [-0.3, -0.25) is 10.2 Å². The van der Waals surface area contributed by atoms with Crippen molar-refractivity contribution in [1.82, 2.24) is 10.4 Å². The standard InChI is InChI=1S/C11H9N3O2/c15-9(16)5-7-6-3-1-2-4-8(6)12-10(7)11-13-14-11/h1-4,12H,5H2,(H,13,14)(H,15,16). The van der Waals surface area contributed by atoms with Crippen LogP contribution in [0.2, 0.25) is 0 Å². The second-order valence-electron chi connectivity index (χ2n) is 3.67. The van der Waals surface area contributed by atoms with Crippen LogP contribution in [0.25, 0.3) is 10.9 Å². The molecular weight excluding hydrogens is 206 g/mol. The Labute approximate surface area is 90.8 Å². The Morgan fingerprint density at radius 2 is 2.12 bits per heavy atom.